The van der Waals surface area contributed by atoms with Gasteiger partial charge >= 0.3 is 0 Å². The van der Waals surface area contributed by atoms with Gasteiger partial charge in [0.1, 0.15) is 0 Å². The van der Waals surface area contributed by atoms with Gasteiger partial charge in [-0.3, -0.25) is 9.88 Å². The van der Waals surface area contributed by atoms with Gasteiger partial charge in [-0.2, -0.15) is 0 Å². The van der Waals surface area contributed by atoms with E-state index in [2.05, 4.69) is 64.5 Å². The van der Waals surface area contributed by atoms with Crippen LogP contribution in [0.4, 0.5) is 0 Å². The number of aromatic nitrogens is 1. The number of hydrogen-bond acceptors (Lipinski definition) is 3. The van der Waals surface area contributed by atoms with Crippen molar-refractivity contribution in [3.05, 3.63) is 71.6 Å². The van der Waals surface area contributed by atoms with E-state index in [9.17, 15) is 0 Å². The Kier molecular flexibility index (Phi) is 5.28. The summed E-state index contributed by atoms with van der Waals surface area (Å²) >= 11 is 0. The van der Waals surface area contributed by atoms with Crippen molar-refractivity contribution in [1.82, 2.24) is 14.8 Å². The van der Waals surface area contributed by atoms with Crippen LogP contribution in [0.5, 0.6) is 0 Å². The lowest BCUT2D eigenvalue weighted by molar-refractivity contribution is 0.315. The standard InChI is InChI=1S/C25H31N3/c1-2-6-21(7-3-1)17-28-18-22-9-10-23(24(22)19-28)25-11-8-20(16-26-25)12-15-27-13-4-5-14-27/h1-3,6-8,10-11,16,22,24H,4-5,9,12-15,17-19H2. The van der Waals surface area contributed by atoms with E-state index < -0.39 is 0 Å². The van der Waals surface area contributed by atoms with Crippen molar-refractivity contribution in [2.45, 2.75) is 32.2 Å². The molecule has 3 nitrogen and oxygen atoms in total. The molecular formula is C25H31N3. The van der Waals surface area contributed by atoms with Crippen LogP contribution in [0.1, 0.15) is 36.1 Å². The summed E-state index contributed by atoms with van der Waals surface area (Å²) in [6, 6.07) is 15.5. The highest BCUT2D eigenvalue weighted by Crippen LogP contribution is 2.42. The number of fused-ring (bicyclic) bond motifs is 1. The SMILES string of the molecule is C1=C(c2ccc(CCN3CCCC3)cn2)C2CN(Cc3ccccc3)CC2C1. The van der Waals surface area contributed by atoms with Crippen molar-refractivity contribution in [1.29, 1.82) is 0 Å². The zero-order valence-corrected chi connectivity index (χ0v) is 16.8. The number of nitrogens with zero attached hydrogens (tertiary/aromatic N) is 3. The molecule has 1 aromatic heterocycles. The van der Waals surface area contributed by atoms with Gasteiger partial charge in [-0.05, 0) is 67.5 Å². The van der Waals surface area contributed by atoms with Gasteiger partial charge in [0.2, 0.25) is 0 Å². The molecule has 0 saturated carbocycles. The van der Waals surface area contributed by atoms with Gasteiger partial charge in [-0.25, -0.2) is 0 Å². The maximum Gasteiger partial charge on any atom is 0.0662 e. The van der Waals surface area contributed by atoms with Crippen LogP contribution in [0.3, 0.4) is 0 Å². The highest BCUT2D eigenvalue weighted by Gasteiger charge is 2.38. The van der Waals surface area contributed by atoms with E-state index in [1.807, 2.05) is 0 Å². The molecule has 2 unspecified atom stereocenters. The number of benzene rings is 1. The van der Waals surface area contributed by atoms with Gasteiger partial charge in [-0.15, -0.1) is 0 Å². The first kappa shape index (κ1) is 18.1. The summed E-state index contributed by atoms with van der Waals surface area (Å²) in [5.41, 5.74) is 5.50. The second kappa shape index (κ2) is 8.18. The van der Waals surface area contributed by atoms with E-state index >= 15 is 0 Å². The first-order valence-corrected chi connectivity index (χ1v) is 11.0. The van der Waals surface area contributed by atoms with Gasteiger partial charge < -0.3 is 4.90 Å². The third-order valence-corrected chi connectivity index (χ3v) is 6.84. The lowest BCUT2D eigenvalue weighted by atomic mass is 9.93. The van der Waals surface area contributed by atoms with E-state index in [0.29, 0.717) is 5.92 Å². The molecule has 0 N–H and O–H groups in total. The predicted octanol–water partition coefficient (Wildman–Crippen LogP) is 4.26. The van der Waals surface area contributed by atoms with E-state index in [0.717, 1.165) is 18.9 Å². The molecule has 1 aliphatic carbocycles. The first-order valence-electron chi connectivity index (χ1n) is 11.0. The Morgan fingerprint density at radius 3 is 2.54 bits per heavy atom. The third-order valence-electron chi connectivity index (χ3n) is 6.84. The maximum absolute atomic E-state index is 4.87. The number of likely N-dealkylation sites (tertiary alicyclic amines) is 2. The molecule has 0 radical (unpaired) electrons. The Bertz CT molecular complexity index is 805. The molecule has 0 amide bonds. The molecule has 2 aliphatic heterocycles. The Balaban J connectivity index is 1.19. The smallest absolute Gasteiger partial charge is 0.0662 e. The topological polar surface area (TPSA) is 19.4 Å². The summed E-state index contributed by atoms with van der Waals surface area (Å²) in [5.74, 6) is 1.43. The summed E-state index contributed by atoms with van der Waals surface area (Å²) in [5, 5.41) is 0. The molecule has 5 rings (SSSR count). The summed E-state index contributed by atoms with van der Waals surface area (Å²) < 4.78 is 0. The predicted molar refractivity (Wildman–Crippen MR) is 115 cm³/mol. The van der Waals surface area contributed by atoms with E-state index in [4.69, 9.17) is 4.98 Å². The minimum atomic E-state index is 0.659. The van der Waals surface area contributed by atoms with Crippen LogP contribution in [0.25, 0.3) is 5.57 Å². The first-order chi connectivity index (χ1) is 13.8. The molecule has 2 saturated heterocycles. The highest BCUT2D eigenvalue weighted by molar-refractivity contribution is 5.67. The minimum absolute atomic E-state index is 0.659. The normalized spacial score (nSPS) is 25.2. The molecule has 2 atom stereocenters. The molecule has 28 heavy (non-hydrogen) atoms. The third kappa shape index (κ3) is 3.92. The lowest BCUT2D eigenvalue weighted by Crippen LogP contribution is -2.22. The summed E-state index contributed by atoms with van der Waals surface area (Å²) in [6.07, 6.45) is 9.66. The van der Waals surface area contributed by atoms with E-state index in [-0.39, 0.29) is 0 Å². The lowest BCUT2D eigenvalue weighted by Gasteiger charge is -2.17. The van der Waals surface area contributed by atoms with Crippen molar-refractivity contribution >= 4 is 5.57 Å². The molecule has 1 aromatic carbocycles. The average Bonchev–Trinajstić information content (AvgIpc) is 3.45. The molecule has 146 valence electrons. The Morgan fingerprint density at radius 1 is 0.893 bits per heavy atom. The average molecular weight is 374 g/mol. The van der Waals surface area contributed by atoms with Crippen LogP contribution in [0.2, 0.25) is 0 Å². The second-order valence-corrected chi connectivity index (χ2v) is 8.79. The van der Waals surface area contributed by atoms with Crippen molar-refractivity contribution in [2.24, 2.45) is 11.8 Å². The molecular weight excluding hydrogens is 342 g/mol. The number of pyridine rings is 1. The second-order valence-electron chi connectivity index (χ2n) is 8.79. The number of rotatable bonds is 6. The molecule has 2 aromatic rings. The van der Waals surface area contributed by atoms with Crippen molar-refractivity contribution in [3.8, 4) is 0 Å². The van der Waals surface area contributed by atoms with Gasteiger partial charge in [0.25, 0.3) is 0 Å². The van der Waals surface area contributed by atoms with E-state index in [1.54, 1.807) is 0 Å². The molecule has 0 bridgehead atoms. The molecule has 2 fully saturated rings. The number of hydrogen-bond donors (Lipinski definition) is 0. The fraction of sp³-hybridized carbons (Fsp3) is 0.480. The van der Waals surface area contributed by atoms with Crippen LogP contribution in [-0.4, -0.2) is 47.5 Å². The van der Waals surface area contributed by atoms with Crippen LogP contribution in [0.15, 0.2) is 54.7 Å². The van der Waals surface area contributed by atoms with Crippen LogP contribution in [-0.2, 0) is 13.0 Å². The highest BCUT2D eigenvalue weighted by atomic mass is 15.2. The quantitative estimate of drug-likeness (QED) is 0.754. The summed E-state index contributed by atoms with van der Waals surface area (Å²) in [4.78, 5) is 10.1. The van der Waals surface area contributed by atoms with Gasteiger partial charge in [0.15, 0.2) is 0 Å². The fourth-order valence-electron chi connectivity index (χ4n) is 5.28. The molecule has 3 heterocycles. The largest absolute Gasteiger partial charge is 0.303 e. The molecule has 3 heteroatoms. The van der Waals surface area contributed by atoms with Crippen molar-refractivity contribution in [3.63, 3.8) is 0 Å². The molecule has 0 spiro atoms. The fourth-order valence-corrected chi connectivity index (χ4v) is 5.28. The van der Waals surface area contributed by atoms with Crippen LogP contribution >= 0.6 is 0 Å². The van der Waals surface area contributed by atoms with E-state index in [1.165, 1.54) is 74.4 Å². The van der Waals surface area contributed by atoms with Gasteiger partial charge in [0, 0.05) is 38.3 Å². The van der Waals surface area contributed by atoms with Crippen molar-refractivity contribution < 1.29 is 0 Å². The van der Waals surface area contributed by atoms with Gasteiger partial charge in [0.05, 0.1) is 5.69 Å². The Hall–Kier alpha value is -1.97. The van der Waals surface area contributed by atoms with Gasteiger partial charge in [-0.1, -0.05) is 42.5 Å². The summed E-state index contributed by atoms with van der Waals surface area (Å²) in [7, 11) is 0. The Morgan fingerprint density at radius 2 is 1.75 bits per heavy atom. The summed E-state index contributed by atoms with van der Waals surface area (Å²) in [6.45, 7) is 7.20. The zero-order valence-electron chi connectivity index (χ0n) is 16.8. The zero-order chi connectivity index (χ0) is 18.8. The monoisotopic (exact) mass is 373 g/mol. The minimum Gasteiger partial charge on any atom is -0.303 e. The Labute approximate surface area is 169 Å². The molecule has 3 aliphatic rings. The number of allylic oxidation sites excluding steroid dienone is 1. The maximum atomic E-state index is 4.87. The van der Waals surface area contributed by atoms with Crippen molar-refractivity contribution in [2.75, 3.05) is 32.7 Å². The van der Waals surface area contributed by atoms with Crippen LogP contribution < -0.4 is 0 Å². The van der Waals surface area contributed by atoms with Crippen LogP contribution in [0, 0.1) is 11.8 Å².